The first-order chi connectivity index (χ1) is 15.2. The van der Waals surface area contributed by atoms with Gasteiger partial charge in [-0.05, 0) is 48.5 Å². The normalized spacial score (nSPS) is 10.8. The van der Waals surface area contributed by atoms with Crippen LogP contribution in [-0.2, 0) is 11.0 Å². The molecular weight excluding hydrogens is 423 g/mol. The van der Waals surface area contributed by atoms with E-state index in [0.717, 1.165) is 12.1 Å². The summed E-state index contributed by atoms with van der Waals surface area (Å²) >= 11 is 0. The van der Waals surface area contributed by atoms with Crippen LogP contribution >= 0.6 is 0 Å². The molecule has 0 unspecified atom stereocenters. The van der Waals surface area contributed by atoms with Crippen LogP contribution in [0.5, 0.6) is 0 Å². The first-order valence-corrected chi connectivity index (χ1v) is 9.44. The van der Waals surface area contributed by atoms with Crippen LogP contribution in [0.1, 0.15) is 26.3 Å². The zero-order chi connectivity index (χ0) is 23.1. The van der Waals surface area contributed by atoms with E-state index >= 15 is 0 Å². The molecule has 164 valence electrons. The van der Waals surface area contributed by atoms with Gasteiger partial charge in [0.2, 0.25) is 5.91 Å². The third-order valence-corrected chi connectivity index (χ3v) is 4.30. The van der Waals surface area contributed by atoms with Gasteiger partial charge in [0.25, 0.3) is 11.8 Å². The fourth-order valence-corrected chi connectivity index (χ4v) is 2.77. The van der Waals surface area contributed by atoms with Crippen LogP contribution in [0.15, 0.2) is 78.9 Å². The molecular formula is C23H18F3N3O3. The minimum Gasteiger partial charge on any atom is -0.343 e. The average molecular weight is 441 g/mol. The van der Waals surface area contributed by atoms with Crippen molar-refractivity contribution in [3.05, 3.63) is 95.6 Å². The van der Waals surface area contributed by atoms with E-state index in [0.29, 0.717) is 11.3 Å². The van der Waals surface area contributed by atoms with Crippen molar-refractivity contribution < 1.29 is 27.6 Å². The molecule has 3 aromatic rings. The van der Waals surface area contributed by atoms with Crippen molar-refractivity contribution >= 4 is 29.1 Å². The highest BCUT2D eigenvalue weighted by Crippen LogP contribution is 2.30. The molecule has 3 rings (SSSR count). The molecule has 0 saturated carbocycles. The Morgan fingerprint density at radius 2 is 1.31 bits per heavy atom. The number of anilines is 2. The quantitative estimate of drug-likeness (QED) is 0.532. The second kappa shape index (κ2) is 9.78. The maximum absolute atomic E-state index is 12.8. The number of benzene rings is 3. The highest BCUT2D eigenvalue weighted by molar-refractivity contribution is 6.05. The molecule has 0 fully saturated rings. The molecule has 0 saturated heterocycles. The number of carbonyl (C=O) groups is 3. The van der Waals surface area contributed by atoms with Gasteiger partial charge in [-0.15, -0.1) is 0 Å². The highest BCUT2D eigenvalue weighted by atomic mass is 19.4. The van der Waals surface area contributed by atoms with Crippen LogP contribution < -0.4 is 16.0 Å². The third kappa shape index (κ3) is 6.18. The summed E-state index contributed by atoms with van der Waals surface area (Å²) in [6, 6.07) is 18.5. The van der Waals surface area contributed by atoms with Crippen molar-refractivity contribution in [2.45, 2.75) is 6.18 Å². The maximum Gasteiger partial charge on any atom is 0.416 e. The summed E-state index contributed by atoms with van der Waals surface area (Å²) in [5.74, 6) is -1.56. The molecule has 0 aliphatic rings. The number of rotatable bonds is 6. The fraction of sp³-hybridized carbons (Fsp3) is 0.0870. The molecule has 0 aromatic heterocycles. The van der Waals surface area contributed by atoms with Crippen LogP contribution in [-0.4, -0.2) is 24.3 Å². The first kappa shape index (κ1) is 22.5. The second-order valence-electron chi connectivity index (χ2n) is 6.71. The fourth-order valence-electron chi connectivity index (χ4n) is 2.77. The van der Waals surface area contributed by atoms with Crippen molar-refractivity contribution in [3.8, 4) is 0 Å². The topological polar surface area (TPSA) is 87.3 Å². The third-order valence-electron chi connectivity index (χ3n) is 4.30. The molecule has 32 heavy (non-hydrogen) atoms. The van der Waals surface area contributed by atoms with Crippen molar-refractivity contribution in [2.24, 2.45) is 0 Å². The zero-order valence-corrected chi connectivity index (χ0v) is 16.6. The standard InChI is InChI=1S/C23H18F3N3O3/c24-23(25,26)17-9-5-11-19(13-17)29-22(32)16-8-4-10-18(12-16)28-20(30)14-27-21(31)15-6-2-1-3-7-15/h1-13H,14H2,(H,27,31)(H,28,30)(H,29,32). The Bertz CT molecular complexity index is 1130. The molecule has 0 bridgehead atoms. The summed E-state index contributed by atoms with van der Waals surface area (Å²) in [5, 5.41) is 7.44. The summed E-state index contributed by atoms with van der Waals surface area (Å²) in [6.45, 7) is -0.283. The van der Waals surface area contributed by atoms with Gasteiger partial charge >= 0.3 is 6.18 Å². The smallest absolute Gasteiger partial charge is 0.343 e. The Labute approximate surface area is 181 Å². The van der Waals surface area contributed by atoms with E-state index in [1.54, 1.807) is 30.3 Å². The van der Waals surface area contributed by atoms with E-state index in [-0.39, 0.29) is 17.8 Å². The molecule has 0 atom stereocenters. The largest absolute Gasteiger partial charge is 0.416 e. The lowest BCUT2D eigenvalue weighted by atomic mass is 10.1. The molecule has 3 aromatic carbocycles. The Morgan fingerprint density at radius 1 is 0.688 bits per heavy atom. The maximum atomic E-state index is 12.8. The number of hydrogen-bond donors (Lipinski definition) is 3. The van der Waals surface area contributed by atoms with Gasteiger partial charge < -0.3 is 16.0 Å². The summed E-state index contributed by atoms with van der Waals surface area (Å²) < 4.78 is 38.5. The molecule has 3 amide bonds. The van der Waals surface area contributed by atoms with E-state index in [2.05, 4.69) is 16.0 Å². The lowest BCUT2D eigenvalue weighted by Crippen LogP contribution is -2.32. The Kier molecular flexibility index (Phi) is 6.89. The van der Waals surface area contributed by atoms with E-state index in [9.17, 15) is 27.6 Å². The number of nitrogens with one attached hydrogen (secondary N) is 3. The van der Waals surface area contributed by atoms with Crippen LogP contribution in [0.4, 0.5) is 24.5 Å². The lowest BCUT2D eigenvalue weighted by Gasteiger charge is -2.11. The summed E-state index contributed by atoms with van der Waals surface area (Å²) in [4.78, 5) is 36.5. The Balaban J connectivity index is 1.59. The van der Waals surface area contributed by atoms with Crippen LogP contribution in [0, 0.1) is 0 Å². The number of alkyl halides is 3. The minimum atomic E-state index is -4.53. The van der Waals surface area contributed by atoms with Gasteiger partial charge in [0.15, 0.2) is 0 Å². The van der Waals surface area contributed by atoms with Crippen molar-refractivity contribution in [1.82, 2.24) is 5.32 Å². The minimum absolute atomic E-state index is 0.0112. The molecule has 0 spiro atoms. The Hall–Kier alpha value is -4.14. The van der Waals surface area contributed by atoms with Crippen LogP contribution in [0.25, 0.3) is 0 Å². The van der Waals surface area contributed by atoms with E-state index < -0.39 is 29.5 Å². The first-order valence-electron chi connectivity index (χ1n) is 9.44. The number of halogens is 3. The molecule has 0 heterocycles. The number of amides is 3. The van der Waals surface area contributed by atoms with E-state index in [4.69, 9.17) is 0 Å². The summed E-state index contributed by atoms with van der Waals surface area (Å²) in [7, 11) is 0. The predicted molar refractivity (Wildman–Crippen MR) is 113 cm³/mol. The monoisotopic (exact) mass is 441 g/mol. The van der Waals surface area contributed by atoms with Crippen molar-refractivity contribution in [1.29, 1.82) is 0 Å². The second-order valence-corrected chi connectivity index (χ2v) is 6.71. The van der Waals surface area contributed by atoms with Crippen LogP contribution in [0.2, 0.25) is 0 Å². The van der Waals surface area contributed by atoms with Gasteiger partial charge in [0.1, 0.15) is 0 Å². The Morgan fingerprint density at radius 3 is 2.00 bits per heavy atom. The summed E-state index contributed by atoms with van der Waals surface area (Å²) in [6.07, 6.45) is -4.53. The number of carbonyl (C=O) groups excluding carboxylic acids is 3. The van der Waals surface area contributed by atoms with Crippen molar-refractivity contribution in [3.63, 3.8) is 0 Å². The van der Waals surface area contributed by atoms with Gasteiger partial charge in [0.05, 0.1) is 12.1 Å². The molecule has 6 nitrogen and oxygen atoms in total. The van der Waals surface area contributed by atoms with E-state index in [1.807, 2.05) is 0 Å². The molecule has 9 heteroatoms. The molecule has 0 aliphatic carbocycles. The highest BCUT2D eigenvalue weighted by Gasteiger charge is 2.30. The van der Waals surface area contributed by atoms with Gasteiger partial charge in [0, 0.05) is 22.5 Å². The molecule has 0 radical (unpaired) electrons. The molecule has 3 N–H and O–H groups in total. The van der Waals surface area contributed by atoms with Gasteiger partial charge in [-0.2, -0.15) is 13.2 Å². The predicted octanol–water partition coefficient (Wildman–Crippen LogP) is 4.33. The average Bonchev–Trinajstić information content (AvgIpc) is 2.78. The van der Waals surface area contributed by atoms with Crippen LogP contribution in [0.3, 0.4) is 0 Å². The summed E-state index contributed by atoms with van der Waals surface area (Å²) in [5.41, 5.74) is -0.0560. The van der Waals surface area contributed by atoms with Gasteiger partial charge in [-0.3, -0.25) is 14.4 Å². The lowest BCUT2D eigenvalue weighted by molar-refractivity contribution is -0.137. The van der Waals surface area contributed by atoms with Gasteiger partial charge in [-0.25, -0.2) is 0 Å². The van der Waals surface area contributed by atoms with Crippen molar-refractivity contribution in [2.75, 3.05) is 17.2 Å². The van der Waals surface area contributed by atoms with E-state index in [1.165, 1.54) is 36.4 Å². The molecule has 0 aliphatic heterocycles. The zero-order valence-electron chi connectivity index (χ0n) is 16.6. The SMILES string of the molecule is O=C(CNC(=O)c1ccccc1)Nc1cccc(C(=O)Nc2cccc(C(F)(F)F)c2)c1. The van der Waals surface area contributed by atoms with Gasteiger partial charge in [-0.1, -0.05) is 30.3 Å². The number of hydrogen-bond acceptors (Lipinski definition) is 3.